The second kappa shape index (κ2) is 16.1. The second-order valence-electron chi connectivity index (χ2n) is 4.55. The van der Waals surface area contributed by atoms with E-state index in [4.69, 9.17) is 11.6 Å². The monoisotopic (exact) mass is 522 g/mol. The maximum absolute atomic E-state index is 10.6. The van der Waals surface area contributed by atoms with Crippen LogP contribution in [0.5, 0.6) is 0 Å². The van der Waals surface area contributed by atoms with Gasteiger partial charge in [-0.25, -0.2) is 9.59 Å². The van der Waals surface area contributed by atoms with Gasteiger partial charge in [-0.2, -0.15) is 0 Å². The molecule has 150 valence electrons. The van der Waals surface area contributed by atoms with Crippen molar-refractivity contribution >= 4 is 78.5 Å². The van der Waals surface area contributed by atoms with Gasteiger partial charge in [0.05, 0.1) is 19.0 Å². The molecule has 0 aliphatic carbocycles. The molecule has 0 aliphatic rings. The minimum Gasteiger partial charge on any atom is -0.468 e. The fourth-order valence-electron chi connectivity index (χ4n) is 0.819. The molecule has 0 N–H and O–H groups in total. The molecule has 2 unspecified atom stereocenters. The van der Waals surface area contributed by atoms with Crippen molar-refractivity contribution in [1.82, 2.24) is 0 Å². The van der Waals surface area contributed by atoms with Gasteiger partial charge >= 0.3 is 11.9 Å². The fraction of sp³-hybridized carbons (Fsp3) is 0.600. The van der Waals surface area contributed by atoms with Crippen molar-refractivity contribution < 1.29 is 38.2 Å². The second-order valence-corrected chi connectivity index (χ2v) is 7.28. The smallest absolute Gasteiger partial charge is 0.375 e. The van der Waals surface area contributed by atoms with Gasteiger partial charge in [-0.1, -0.05) is 31.9 Å². The highest BCUT2D eigenvalue weighted by atomic mass is 79.9. The van der Waals surface area contributed by atoms with Crippen LogP contribution in [0.25, 0.3) is 0 Å². The molecule has 8 nitrogen and oxygen atoms in total. The summed E-state index contributed by atoms with van der Waals surface area (Å²) in [5.41, 5.74) is 0. The number of rotatable bonds is 6. The Bertz CT molecular complexity index is 520. The predicted molar refractivity (Wildman–Crippen MR) is 102 cm³/mol. The lowest BCUT2D eigenvalue weighted by Gasteiger charge is -2.00. The third-order valence-electron chi connectivity index (χ3n) is 2.23. The van der Waals surface area contributed by atoms with E-state index in [9.17, 15) is 28.8 Å². The Kier molecular flexibility index (Phi) is 18.3. The van der Waals surface area contributed by atoms with E-state index < -0.39 is 38.5 Å². The average Bonchev–Trinajstić information content (AvgIpc) is 2.58. The number of hydrogen-bond donors (Lipinski definition) is 0. The van der Waals surface area contributed by atoms with Crippen LogP contribution in [0.15, 0.2) is 0 Å². The first kappa shape index (κ1) is 29.6. The van der Waals surface area contributed by atoms with Crippen LogP contribution < -0.4 is 0 Å². The van der Waals surface area contributed by atoms with Crippen LogP contribution in [0.4, 0.5) is 0 Å². The standard InChI is InChI=1S/C5H7BrO3.C5H7BrO2.C5H7ClO3/c1-3(6)4(7)5(8)9-2;1-3(7)5(6)4(2)8;1-3(7)4(6)5(8)9-2/h3H,1-2H3;5H,1-2H3;4H,1-2H3. The minimum absolute atomic E-state index is 0.141. The number of ketones is 4. The van der Waals surface area contributed by atoms with Gasteiger partial charge in [0.15, 0.2) is 22.7 Å². The van der Waals surface area contributed by atoms with Crippen molar-refractivity contribution in [3.05, 3.63) is 0 Å². The predicted octanol–water partition coefficient (Wildman–Crippen LogP) is 1.80. The van der Waals surface area contributed by atoms with Gasteiger partial charge < -0.3 is 9.47 Å². The van der Waals surface area contributed by atoms with Crippen LogP contribution in [0.3, 0.4) is 0 Å². The summed E-state index contributed by atoms with van der Waals surface area (Å²) in [5, 5.41) is -1.14. The number of Topliss-reactive ketones (excluding diaryl/α,β-unsaturated/α-hetero) is 4. The summed E-state index contributed by atoms with van der Waals surface area (Å²) < 4.78 is 8.34. The molecule has 0 fully saturated rings. The normalized spacial score (nSPS) is 11.5. The van der Waals surface area contributed by atoms with Gasteiger partial charge in [0, 0.05) is 0 Å². The molecule has 11 heteroatoms. The molecule has 0 saturated carbocycles. The average molecular weight is 525 g/mol. The molecule has 0 radical (unpaired) electrons. The molecule has 0 spiro atoms. The molecule has 0 aromatic carbocycles. The van der Waals surface area contributed by atoms with E-state index in [0.29, 0.717) is 0 Å². The van der Waals surface area contributed by atoms with Crippen molar-refractivity contribution in [2.75, 3.05) is 14.2 Å². The van der Waals surface area contributed by atoms with Crippen molar-refractivity contribution in [2.45, 2.75) is 42.7 Å². The van der Waals surface area contributed by atoms with E-state index in [1.54, 1.807) is 6.92 Å². The summed E-state index contributed by atoms with van der Waals surface area (Å²) >= 11 is 11.1. The molecular weight excluding hydrogens is 503 g/mol. The third-order valence-corrected chi connectivity index (χ3v) is 4.42. The van der Waals surface area contributed by atoms with E-state index in [-0.39, 0.29) is 11.6 Å². The first-order chi connectivity index (χ1) is 11.7. The lowest BCUT2D eigenvalue weighted by Crippen LogP contribution is -2.23. The lowest BCUT2D eigenvalue weighted by atomic mass is 10.2. The minimum atomic E-state index is -1.14. The molecule has 0 amide bonds. The Hall–Kier alpha value is -1.13. The largest absolute Gasteiger partial charge is 0.468 e. The molecule has 2 atom stereocenters. The van der Waals surface area contributed by atoms with Gasteiger partial charge in [-0.05, 0) is 27.7 Å². The Morgan fingerprint density at radius 3 is 1.27 bits per heavy atom. The maximum Gasteiger partial charge on any atom is 0.375 e. The summed E-state index contributed by atoms with van der Waals surface area (Å²) in [5.74, 6) is -2.75. The van der Waals surface area contributed by atoms with Crippen molar-refractivity contribution in [1.29, 1.82) is 0 Å². The molecule has 0 aromatic heterocycles. The Morgan fingerprint density at radius 1 is 0.808 bits per heavy atom. The number of carbonyl (C=O) groups excluding carboxylic acids is 6. The van der Waals surface area contributed by atoms with Crippen molar-refractivity contribution in [2.24, 2.45) is 0 Å². The van der Waals surface area contributed by atoms with Gasteiger partial charge in [0.2, 0.25) is 0 Å². The molecule has 0 bridgehead atoms. The number of alkyl halides is 3. The summed E-state index contributed by atoms with van der Waals surface area (Å²) in [6.07, 6.45) is 0. The number of methoxy groups -OCH3 is 2. The third kappa shape index (κ3) is 15.2. The molecule has 0 heterocycles. The number of ether oxygens (including phenoxy) is 2. The van der Waals surface area contributed by atoms with Crippen LogP contribution in [0.2, 0.25) is 0 Å². The van der Waals surface area contributed by atoms with Gasteiger partial charge in [-0.3, -0.25) is 19.2 Å². The Morgan fingerprint density at radius 2 is 1.19 bits per heavy atom. The lowest BCUT2D eigenvalue weighted by molar-refractivity contribution is -0.151. The summed E-state index contributed by atoms with van der Waals surface area (Å²) in [6, 6.07) is 0. The van der Waals surface area contributed by atoms with E-state index in [1.165, 1.54) is 35.0 Å². The number of carbonyl (C=O) groups is 6. The fourth-order valence-corrected chi connectivity index (χ4v) is 1.09. The zero-order chi connectivity index (χ0) is 21.6. The Labute approximate surface area is 173 Å². The number of halogens is 3. The summed E-state index contributed by atoms with van der Waals surface area (Å²) in [6.45, 7) is 5.55. The molecule has 0 aliphatic heterocycles. The molecule has 0 saturated heterocycles. The van der Waals surface area contributed by atoms with Crippen LogP contribution >= 0.6 is 43.5 Å². The van der Waals surface area contributed by atoms with Crippen LogP contribution in [-0.4, -0.2) is 64.3 Å². The van der Waals surface area contributed by atoms with Gasteiger partial charge in [0.25, 0.3) is 5.78 Å². The summed E-state index contributed by atoms with van der Waals surface area (Å²) in [4.78, 5) is 61.2. The van der Waals surface area contributed by atoms with Crippen LogP contribution in [0, 0.1) is 0 Å². The number of esters is 2. The van der Waals surface area contributed by atoms with Gasteiger partial charge in [-0.15, -0.1) is 11.6 Å². The van der Waals surface area contributed by atoms with E-state index in [1.807, 2.05) is 0 Å². The molecule has 0 rings (SSSR count). The maximum atomic E-state index is 10.6. The van der Waals surface area contributed by atoms with E-state index >= 15 is 0 Å². The SMILES string of the molecule is CC(=O)C(Br)C(C)=O.COC(=O)C(=O)C(C)Br.COC(=O)C(Cl)C(C)=O. The Balaban J connectivity index is -0.000000306. The molecule has 26 heavy (non-hydrogen) atoms. The molecule has 0 aromatic rings. The first-order valence-electron chi connectivity index (χ1n) is 6.87. The van der Waals surface area contributed by atoms with E-state index in [0.717, 1.165) is 0 Å². The van der Waals surface area contributed by atoms with Crippen molar-refractivity contribution in [3.63, 3.8) is 0 Å². The topological polar surface area (TPSA) is 121 Å². The van der Waals surface area contributed by atoms with Crippen molar-refractivity contribution in [3.8, 4) is 0 Å². The highest BCUT2D eigenvalue weighted by Crippen LogP contribution is 2.01. The molecular formula is C15H21Br2ClO8. The van der Waals surface area contributed by atoms with Crippen LogP contribution in [0.1, 0.15) is 27.7 Å². The quantitative estimate of drug-likeness (QED) is 0.223. The van der Waals surface area contributed by atoms with E-state index in [2.05, 4.69) is 41.3 Å². The highest BCUT2D eigenvalue weighted by molar-refractivity contribution is 9.10. The highest BCUT2D eigenvalue weighted by Gasteiger charge is 2.20. The summed E-state index contributed by atoms with van der Waals surface area (Å²) in [7, 11) is 2.36. The first-order valence-corrected chi connectivity index (χ1v) is 9.14. The zero-order valence-electron chi connectivity index (χ0n) is 15.1. The van der Waals surface area contributed by atoms with Gasteiger partial charge in [0.1, 0.15) is 4.83 Å². The zero-order valence-corrected chi connectivity index (χ0v) is 19.1. The van der Waals surface area contributed by atoms with Crippen LogP contribution in [-0.2, 0) is 38.2 Å². The number of hydrogen-bond acceptors (Lipinski definition) is 8.